The van der Waals surface area contributed by atoms with Gasteiger partial charge in [0.15, 0.2) is 11.5 Å². The van der Waals surface area contributed by atoms with E-state index in [0.717, 1.165) is 18.6 Å². The van der Waals surface area contributed by atoms with Gasteiger partial charge in [-0.3, -0.25) is 14.4 Å². The minimum absolute atomic E-state index is 0.0390. The summed E-state index contributed by atoms with van der Waals surface area (Å²) >= 11 is 0. The molecule has 148 valence electrons. The van der Waals surface area contributed by atoms with Crippen LogP contribution >= 0.6 is 0 Å². The highest BCUT2D eigenvalue weighted by Crippen LogP contribution is 2.36. The van der Waals surface area contributed by atoms with Crippen LogP contribution in [0.1, 0.15) is 25.8 Å². The fraction of sp³-hybridized carbons (Fsp3) is 0.286. The number of ether oxygens (including phenoxy) is 3. The van der Waals surface area contributed by atoms with Gasteiger partial charge < -0.3 is 19.3 Å². The summed E-state index contributed by atoms with van der Waals surface area (Å²) in [5.74, 6) is -2.19. The summed E-state index contributed by atoms with van der Waals surface area (Å²) in [5.41, 5.74) is -1.53. The number of esters is 1. The molecule has 7 heteroatoms. The van der Waals surface area contributed by atoms with Gasteiger partial charge in [0.25, 0.3) is 0 Å². The van der Waals surface area contributed by atoms with Gasteiger partial charge in [0.1, 0.15) is 17.1 Å². The normalized spacial score (nSPS) is 21.4. The zero-order valence-corrected chi connectivity index (χ0v) is 16.1. The van der Waals surface area contributed by atoms with Gasteiger partial charge in [0.05, 0.1) is 14.2 Å². The smallest absolute Gasteiger partial charge is 0.304 e. The lowest BCUT2D eigenvalue weighted by Gasteiger charge is -2.34. The fourth-order valence-corrected chi connectivity index (χ4v) is 2.92. The van der Waals surface area contributed by atoms with Crippen molar-refractivity contribution in [2.24, 2.45) is 0 Å². The molecule has 1 atom stereocenters. The summed E-state index contributed by atoms with van der Waals surface area (Å²) < 4.78 is 15.4. The average Bonchev–Trinajstić information content (AvgIpc) is 2.68. The molecule has 1 aromatic carbocycles. The predicted octanol–water partition coefficient (Wildman–Crippen LogP) is 2.91. The van der Waals surface area contributed by atoms with Crippen LogP contribution in [0.4, 0.5) is 0 Å². The first-order valence-corrected chi connectivity index (χ1v) is 8.59. The quantitative estimate of drug-likeness (QED) is 0.347. The molecule has 2 rings (SSSR count). The van der Waals surface area contributed by atoms with Gasteiger partial charge >= 0.3 is 5.97 Å². The van der Waals surface area contributed by atoms with Gasteiger partial charge in [0, 0.05) is 13.0 Å². The van der Waals surface area contributed by atoms with Gasteiger partial charge in [-0.05, 0) is 30.2 Å². The van der Waals surface area contributed by atoms with E-state index in [1.807, 2.05) is 0 Å². The molecule has 0 radical (unpaired) electrons. The van der Waals surface area contributed by atoms with Crippen molar-refractivity contribution in [1.82, 2.24) is 0 Å². The van der Waals surface area contributed by atoms with Gasteiger partial charge in [-0.25, -0.2) is 0 Å². The summed E-state index contributed by atoms with van der Waals surface area (Å²) in [6.45, 7) is 2.77. The third-order valence-electron chi connectivity index (χ3n) is 4.34. The van der Waals surface area contributed by atoms with E-state index < -0.39 is 34.5 Å². The predicted molar refractivity (Wildman–Crippen MR) is 102 cm³/mol. The lowest BCUT2D eigenvalue weighted by atomic mass is 9.80. The number of methoxy groups -OCH3 is 2. The number of rotatable bonds is 6. The molecule has 0 fully saturated rings. The molecule has 7 nitrogen and oxygen atoms in total. The van der Waals surface area contributed by atoms with E-state index in [1.165, 1.54) is 19.3 Å². The van der Waals surface area contributed by atoms with E-state index in [2.05, 4.69) is 0 Å². The molecular weight excluding hydrogens is 364 g/mol. The number of ketones is 2. The molecular formula is C21H22O7. The molecule has 0 heterocycles. The summed E-state index contributed by atoms with van der Waals surface area (Å²) in [6.07, 6.45) is 3.88. The Labute approximate surface area is 162 Å². The van der Waals surface area contributed by atoms with Gasteiger partial charge in [-0.15, -0.1) is 0 Å². The number of allylic oxidation sites excluding steroid dienone is 2. The Morgan fingerprint density at radius 1 is 1.14 bits per heavy atom. The number of Topliss-reactive ketones (excluding diaryl/α,β-unsaturated/α-hetero) is 1. The Hall–Kier alpha value is -3.35. The standard InChI is InChI=1S/C21H22O7/c1-5-21(28-13(2)22)18(27-4)12-17(24)19(20(21)25)16(23)11-8-14-6-9-15(26-3)10-7-14/h6-12,23H,5H2,1-4H3/b11-8+,19-16+. The maximum Gasteiger partial charge on any atom is 0.304 e. The van der Waals surface area contributed by atoms with Crippen molar-refractivity contribution >= 4 is 23.6 Å². The number of carbonyl (C=O) groups is 3. The maximum absolute atomic E-state index is 13.0. The summed E-state index contributed by atoms with van der Waals surface area (Å²) in [4.78, 5) is 37.0. The van der Waals surface area contributed by atoms with Crippen molar-refractivity contribution in [3.63, 3.8) is 0 Å². The van der Waals surface area contributed by atoms with Crippen LogP contribution in [0.5, 0.6) is 5.75 Å². The van der Waals surface area contributed by atoms with Gasteiger partial charge in [-0.1, -0.05) is 25.1 Å². The topological polar surface area (TPSA) is 99.1 Å². The Morgan fingerprint density at radius 3 is 2.29 bits per heavy atom. The van der Waals surface area contributed by atoms with Crippen LogP contribution in [0.15, 0.2) is 53.5 Å². The highest BCUT2D eigenvalue weighted by molar-refractivity contribution is 6.30. The molecule has 1 aromatic rings. The van der Waals surface area contributed by atoms with Crippen LogP contribution in [0.25, 0.3) is 6.08 Å². The second-order valence-corrected chi connectivity index (χ2v) is 6.05. The zero-order chi connectivity index (χ0) is 20.9. The van der Waals surface area contributed by atoms with Crippen molar-refractivity contribution < 1.29 is 33.7 Å². The monoisotopic (exact) mass is 386 g/mol. The lowest BCUT2D eigenvalue weighted by Crippen LogP contribution is -2.49. The Morgan fingerprint density at radius 2 is 1.79 bits per heavy atom. The molecule has 0 saturated heterocycles. The van der Waals surface area contributed by atoms with Crippen molar-refractivity contribution in [2.75, 3.05) is 14.2 Å². The molecule has 0 spiro atoms. The van der Waals surface area contributed by atoms with Crippen LogP contribution in [-0.2, 0) is 23.9 Å². The van der Waals surface area contributed by atoms with Crippen molar-refractivity contribution in [3.8, 4) is 5.75 Å². The Kier molecular flexibility index (Phi) is 6.41. The Bertz CT molecular complexity index is 875. The van der Waals surface area contributed by atoms with Crippen LogP contribution in [-0.4, -0.2) is 42.5 Å². The SMILES string of the molecule is CCC1(OC(C)=O)C(=O)/C(=C(O)\C=C\c2ccc(OC)cc2)C(=O)C=C1OC. The minimum atomic E-state index is -1.79. The van der Waals surface area contributed by atoms with Gasteiger partial charge in [0.2, 0.25) is 11.4 Å². The molecule has 28 heavy (non-hydrogen) atoms. The van der Waals surface area contributed by atoms with Crippen LogP contribution in [0.2, 0.25) is 0 Å². The first-order valence-electron chi connectivity index (χ1n) is 8.59. The second kappa shape index (κ2) is 8.56. The van der Waals surface area contributed by atoms with E-state index >= 15 is 0 Å². The van der Waals surface area contributed by atoms with E-state index in [1.54, 1.807) is 38.3 Å². The third kappa shape index (κ3) is 3.98. The molecule has 1 aliphatic carbocycles. The molecule has 1 N–H and O–H groups in total. The molecule has 0 aromatic heterocycles. The number of aliphatic hydroxyl groups is 1. The largest absolute Gasteiger partial charge is 0.507 e. The third-order valence-corrected chi connectivity index (χ3v) is 4.34. The number of hydrogen-bond acceptors (Lipinski definition) is 7. The second-order valence-electron chi connectivity index (χ2n) is 6.05. The Balaban J connectivity index is 2.48. The molecule has 1 unspecified atom stereocenters. The van der Waals surface area contributed by atoms with E-state index in [9.17, 15) is 19.5 Å². The minimum Gasteiger partial charge on any atom is -0.507 e. The van der Waals surface area contributed by atoms with E-state index in [-0.39, 0.29) is 12.2 Å². The average molecular weight is 386 g/mol. The number of carbonyl (C=O) groups excluding carboxylic acids is 3. The van der Waals surface area contributed by atoms with Crippen molar-refractivity contribution in [3.05, 3.63) is 59.1 Å². The molecule has 0 saturated carbocycles. The highest BCUT2D eigenvalue weighted by Gasteiger charge is 2.52. The first-order chi connectivity index (χ1) is 13.3. The van der Waals surface area contributed by atoms with E-state index in [0.29, 0.717) is 5.75 Å². The summed E-state index contributed by atoms with van der Waals surface area (Å²) in [7, 11) is 2.82. The highest BCUT2D eigenvalue weighted by atomic mass is 16.6. The number of hydrogen-bond donors (Lipinski definition) is 1. The van der Waals surface area contributed by atoms with E-state index in [4.69, 9.17) is 14.2 Å². The molecule has 0 bridgehead atoms. The number of aliphatic hydroxyl groups excluding tert-OH is 1. The van der Waals surface area contributed by atoms with Gasteiger partial charge in [-0.2, -0.15) is 0 Å². The zero-order valence-electron chi connectivity index (χ0n) is 16.1. The molecule has 0 aliphatic heterocycles. The molecule has 1 aliphatic rings. The van der Waals surface area contributed by atoms with Crippen LogP contribution in [0.3, 0.4) is 0 Å². The summed E-state index contributed by atoms with van der Waals surface area (Å²) in [5, 5.41) is 10.4. The summed E-state index contributed by atoms with van der Waals surface area (Å²) in [6, 6.07) is 6.96. The van der Waals surface area contributed by atoms with Crippen LogP contribution in [0, 0.1) is 0 Å². The maximum atomic E-state index is 13.0. The van der Waals surface area contributed by atoms with Crippen LogP contribution < -0.4 is 4.74 Å². The van der Waals surface area contributed by atoms with Crippen molar-refractivity contribution in [2.45, 2.75) is 25.9 Å². The fourth-order valence-electron chi connectivity index (χ4n) is 2.92. The lowest BCUT2D eigenvalue weighted by molar-refractivity contribution is -0.165. The number of benzene rings is 1. The first kappa shape index (κ1) is 21.0. The van der Waals surface area contributed by atoms with Crippen molar-refractivity contribution in [1.29, 1.82) is 0 Å². The molecule has 0 amide bonds.